The summed E-state index contributed by atoms with van der Waals surface area (Å²) in [4.78, 5) is 12.1. The maximum atomic E-state index is 12.1. The first-order valence-corrected chi connectivity index (χ1v) is 7.66. The Balaban J connectivity index is 2.56. The van der Waals surface area contributed by atoms with Crippen molar-refractivity contribution in [1.29, 1.82) is 0 Å². The van der Waals surface area contributed by atoms with Crippen molar-refractivity contribution in [3.63, 3.8) is 0 Å². The highest BCUT2D eigenvalue weighted by atomic mass is 79.9. The lowest BCUT2D eigenvalue weighted by Gasteiger charge is -2.20. The number of hydrogen-bond acceptors (Lipinski definition) is 2. The van der Waals surface area contributed by atoms with E-state index in [0.29, 0.717) is 6.61 Å². The summed E-state index contributed by atoms with van der Waals surface area (Å²) in [6, 6.07) is 8.01. The summed E-state index contributed by atoms with van der Waals surface area (Å²) in [5.41, 5.74) is 1.10. The standard InChI is InChI=1S/C16H22BrNO2/c1-4-6-11-20-12(3)16(19)18-15(5-2)13-7-9-14(17)10-8-13/h4,7-10,12,15H,1,5-6,11H2,2-3H3,(H,18,19)/t12-,15+/m1/s1. The third-order valence-electron chi connectivity index (χ3n) is 3.06. The average molecular weight is 340 g/mol. The van der Waals surface area contributed by atoms with E-state index in [1.165, 1.54) is 0 Å². The van der Waals surface area contributed by atoms with Gasteiger partial charge in [0.2, 0.25) is 5.91 Å². The third kappa shape index (κ3) is 5.47. The van der Waals surface area contributed by atoms with Gasteiger partial charge in [-0.1, -0.05) is 41.1 Å². The van der Waals surface area contributed by atoms with E-state index in [-0.39, 0.29) is 11.9 Å². The van der Waals surface area contributed by atoms with Gasteiger partial charge in [-0.2, -0.15) is 0 Å². The number of carbonyl (C=O) groups excluding carboxylic acids is 1. The first kappa shape index (κ1) is 16.9. The van der Waals surface area contributed by atoms with Crippen LogP contribution in [-0.2, 0) is 9.53 Å². The predicted molar refractivity (Wildman–Crippen MR) is 85.5 cm³/mol. The smallest absolute Gasteiger partial charge is 0.249 e. The van der Waals surface area contributed by atoms with Crippen LogP contribution in [0.1, 0.15) is 38.3 Å². The van der Waals surface area contributed by atoms with Crippen molar-refractivity contribution in [2.24, 2.45) is 0 Å². The van der Waals surface area contributed by atoms with Crippen LogP contribution in [0.4, 0.5) is 0 Å². The summed E-state index contributed by atoms with van der Waals surface area (Å²) in [7, 11) is 0. The molecule has 1 amide bonds. The van der Waals surface area contributed by atoms with E-state index in [2.05, 4.69) is 34.7 Å². The lowest BCUT2D eigenvalue weighted by Crippen LogP contribution is -2.37. The third-order valence-corrected chi connectivity index (χ3v) is 3.58. The predicted octanol–water partition coefficient (Wildman–Crippen LogP) is 4.00. The van der Waals surface area contributed by atoms with E-state index in [9.17, 15) is 4.79 Å². The second kappa shape index (κ2) is 8.93. The topological polar surface area (TPSA) is 38.3 Å². The van der Waals surface area contributed by atoms with Crippen molar-refractivity contribution in [3.8, 4) is 0 Å². The Labute approximate surface area is 129 Å². The van der Waals surface area contributed by atoms with Crippen molar-refractivity contribution in [3.05, 3.63) is 47.0 Å². The van der Waals surface area contributed by atoms with Gasteiger partial charge in [-0.05, 0) is 37.5 Å². The molecule has 0 saturated carbocycles. The quantitative estimate of drug-likeness (QED) is 0.574. The highest BCUT2D eigenvalue weighted by molar-refractivity contribution is 9.10. The normalized spacial score (nSPS) is 13.6. The van der Waals surface area contributed by atoms with E-state index in [4.69, 9.17) is 4.74 Å². The average Bonchev–Trinajstić information content (AvgIpc) is 2.45. The van der Waals surface area contributed by atoms with Crippen LogP contribution in [0, 0.1) is 0 Å². The van der Waals surface area contributed by atoms with Crippen molar-refractivity contribution in [2.75, 3.05) is 6.61 Å². The number of ether oxygens (including phenoxy) is 1. The van der Waals surface area contributed by atoms with Crippen LogP contribution < -0.4 is 5.32 Å². The number of hydrogen-bond donors (Lipinski definition) is 1. The number of nitrogens with one attached hydrogen (secondary N) is 1. The molecule has 0 radical (unpaired) electrons. The summed E-state index contributed by atoms with van der Waals surface area (Å²) in [6.07, 6.45) is 2.93. The second-order valence-corrected chi connectivity index (χ2v) is 5.53. The van der Waals surface area contributed by atoms with Gasteiger partial charge in [0.1, 0.15) is 6.10 Å². The molecule has 0 spiro atoms. The van der Waals surface area contributed by atoms with Gasteiger partial charge in [-0.25, -0.2) is 0 Å². The molecule has 0 aliphatic heterocycles. The van der Waals surface area contributed by atoms with E-state index < -0.39 is 6.10 Å². The highest BCUT2D eigenvalue weighted by Gasteiger charge is 2.18. The van der Waals surface area contributed by atoms with Gasteiger partial charge in [0.15, 0.2) is 0 Å². The molecule has 1 aromatic rings. The lowest BCUT2D eigenvalue weighted by molar-refractivity contribution is -0.132. The number of benzene rings is 1. The summed E-state index contributed by atoms with van der Waals surface area (Å²) < 4.78 is 6.48. The molecule has 1 N–H and O–H groups in total. The molecule has 4 heteroatoms. The fourth-order valence-electron chi connectivity index (χ4n) is 1.81. The minimum Gasteiger partial charge on any atom is -0.368 e. The Morgan fingerprint density at radius 1 is 1.45 bits per heavy atom. The Morgan fingerprint density at radius 3 is 2.65 bits per heavy atom. The zero-order chi connectivity index (χ0) is 15.0. The molecular weight excluding hydrogens is 318 g/mol. The van der Waals surface area contributed by atoms with Gasteiger partial charge in [0.25, 0.3) is 0 Å². The molecule has 0 fully saturated rings. The van der Waals surface area contributed by atoms with Gasteiger partial charge in [0, 0.05) is 4.47 Å². The molecule has 110 valence electrons. The molecule has 3 nitrogen and oxygen atoms in total. The Kier molecular flexibility index (Phi) is 7.55. The Morgan fingerprint density at radius 2 is 2.10 bits per heavy atom. The number of carbonyl (C=O) groups is 1. The van der Waals surface area contributed by atoms with Crippen LogP contribution in [0.25, 0.3) is 0 Å². The first-order chi connectivity index (χ1) is 9.58. The monoisotopic (exact) mass is 339 g/mol. The largest absolute Gasteiger partial charge is 0.368 e. The fraction of sp³-hybridized carbons (Fsp3) is 0.438. The van der Waals surface area contributed by atoms with Crippen LogP contribution in [0.15, 0.2) is 41.4 Å². The molecule has 1 rings (SSSR count). The van der Waals surface area contributed by atoms with Crippen LogP contribution in [0.5, 0.6) is 0 Å². The molecular formula is C16H22BrNO2. The molecule has 20 heavy (non-hydrogen) atoms. The molecule has 2 atom stereocenters. The van der Waals surface area contributed by atoms with E-state index >= 15 is 0 Å². The summed E-state index contributed by atoms with van der Waals surface area (Å²) in [5, 5.41) is 3.02. The van der Waals surface area contributed by atoms with Crippen LogP contribution in [0.2, 0.25) is 0 Å². The van der Waals surface area contributed by atoms with Crippen molar-refractivity contribution < 1.29 is 9.53 Å². The Hall–Kier alpha value is -1.13. The van der Waals surface area contributed by atoms with Gasteiger partial charge < -0.3 is 10.1 Å². The minimum atomic E-state index is -0.445. The molecule has 0 bridgehead atoms. The molecule has 0 aliphatic carbocycles. The number of halogens is 1. The van der Waals surface area contributed by atoms with Crippen LogP contribution >= 0.6 is 15.9 Å². The molecule has 0 unspecified atom stereocenters. The lowest BCUT2D eigenvalue weighted by atomic mass is 10.0. The van der Waals surface area contributed by atoms with E-state index in [0.717, 1.165) is 22.9 Å². The summed E-state index contributed by atoms with van der Waals surface area (Å²) in [5.74, 6) is -0.0798. The molecule has 0 aliphatic rings. The molecule has 0 heterocycles. The second-order valence-electron chi connectivity index (χ2n) is 4.61. The van der Waals surface area contributed by atoms with Crippen molar-refractivity contribution in [1.82, 2.24) is 5.32 Å². The van der Waals surface area contributed by atoms with Crippen molar-refractivity contribution >= 4 is 21.8 Å². The zero-order valence-electron chi connectivity index (χ0n) is 12.1. The fourth-order valence-corrected chi connectivity index (χ4v) is 2.07. The van der Waals surface area contributed by atoms with E-state index in [1.54, 1.807) is 13.0 Å². The van der Waals surface area contributed by atoms with E-state index in [1.807, 2.05) is 24.3 Å². The Bertz CT molecular complexity index is 431. The highest BCUT2D eigenvalue weighted by Crippen LogP contribution is 2.19. The summed E-state index contributed by atoms with van der Waals surface area (Å²) in [6.45, 7) is 7.97. The maximum Gasteiger partial charge on any atom is 0.249 e. The molecule has 0 aromatic heterocycles. The number of rotatable bonds is 8. The summed E-state index contributed by atoms with van der Waals surface area (Å²) >= 11 is 3.41. The van der Waals surface area contributed by atoms with Gasteiger partial charge >= 0.3 is 0 Å². The maximum absolute atomic E-state index is 12.1. The van der Waals surface area contributed by atoms with Gasteiger partial charge in [0.05, 0.1) is 12.6 Å². The SMILES string of the molecule is C=CCCO[C@H](C)C(=O)N[C@@H](CC)c1ccc(Br)cc1. The van der Waals surface area contributed by atoms with Crippen molar-refractivity contribution in [2.45, 2.75) is 38.8 Å². The molecule has 0 saturated heterocycles. The number of amides is 1. The zero-order valence-corrected chi connectivity index (χ0v) is 13.7. The van der Waals surface area contributed by atoms with Crippen LogP contribution in [-0.4, -0.2) is 18.6 Å². The van der Waals surface area contributed by atoms with Gasteiger partial charge in [-0.15, -0.1) is 6.58 Å². The minimum absolute atomic E-state index is 0.0149. The van der Waals surface area contributed by atoms with Gasteiger partial charge in [-0.3, -0.25) is 4.79 Å². The van der Waals surface area contributed by atoms with Crippen LogP contribution in [0.3, 0.4) is 0 Å². The first-order valence-electron chi connectivity index (χ1n) is 6.86. The molecule has 1 aromatic carbocycles.